The van der Waals surface area contributed by atoms with Crippen LogP contribution < -0.4 is 4.74 Å². The molecular weight excluding hydrogens is 546 g/mol. The van der Waals surface area contributed by atoms with Crippen molar-refractivity contribution >= 4 is 33.8 Å². The van der Waals surface area contributed by atoms with Crippen molar-refractivity contribution in [3.63, 3.8) is 0 Å². The summed E-state index contributed by atoms with van der Waals surface area (Å²) in [6, 6.07) is 15.1. The fourth-order valence-electron chi connectivity index (χ4n) is 6.14. The van der Waals surface area contributed by atoms with E-state index in [9.17, 15) is 14.7 Å². The Morgan fingerprint density at radius 3 is 2.71 bits per heavy atom. The van der Waals surface area contributed by atoms with Crippen LogP contribution in [0.15, 0.2) is 69.7 Å². The molecule has 200 valence electrons. The number of phenols is 1. The number of amides is 2. The van der Waals surface area contributed by atoms with Gasteiger partial charge in [0.2, 0.25) is 11.8 Å². The molecule has 0 saturated carbocycles. The second kappa shape index (κ2) is 11.5. The molecule has 2 heterocycles. The highest BCUT2D eigenvalue weighted by molar-refractivity contribution is 9.10. The molecule has 2 fully saturated rings. The number of hydrogen-bond donors (Lipinski definition) is 1. The molecule has 3 aliphatic rings. The summed E-state index contributed by atoms with van der Waals surface area (Å²) in [4.78, 5) is 28.1. The summed E-state index contributed by atoms with van der Waals surface area (Å²) in [7, 11) is 0. The predicted octanol–water partition coefficient (Wildman–Crippen LogP) is 6.14. The molecule has 2 aromatic carbocycles. The lowest BCUT2D eigenvalue weighted by molar-refractivity contribution is -0.140. The average Bonchev–Trinajstić information content (AvgIpc) is 3.44. The Kier molecular flexibility index (Phi) is 8.05. The number of likely N-dealkylation sites (tertiary alicyclic amines) is 1. The first-order chi connectivity index (χ1) is 18.4. The van der Waals surface area contributed by atoms with Crippen LogP contribution >= 0.6 is 15.9 Å². The number of aromatic hydroxyl groups is 1. The number of benzene rings is 2. The lowest BCUT2D eigenvalue weighted by Gasteiger charge is -2.31. The first-order valence-corrected chi connectivity index (χ1v) is 14.2. The number of carbonyl (C=O) groups is 2. The van der Waals surface area contributed by atoms with Crippen LogP contribution in [0.1, 0.15) is 45.1 Å². The van der Waals surface area contributed by atoms with Gasteiger partial charge in [-0.2, -0.15) is 0 Å². The lowest BCUT2D eigenvalue weighted by Crippen LogP contribution is -2.35. The largest absolute Gasteiger partial charge is 0.507 e. The summed E-state index contributed by atoms with van der Waals surface area (Å²) in [5.41, 5.74) is 4.14. The Hall–Kier alpha value is -2.90. The molecule has 2 amide bonds. The number of halogens is 1. The molecule has 0 spiro atoms. The molecule has 1 N–H and O–H groups in total. The molecule has 6 nitrogen and oxygen atoms in total. The number of rotatable bonds is 9. The van der Waals surface area contributed by atoms with Gasteiger partial charge in [0.15, 0.2) is 0 Å². The number of fused-ring (bicyclic) bond motifs is 3. The Balaban J connectivity index is 1.39. The summed E-state index contributed by atoms with van der Waals surface area (Å²) in [6.07, 6.45) is 4.70. The van der Waals surface area contributed by atoms with Gasteiger partial charge in [-0.3, -0.25) is 14.5 Å². The zero-order valence-corrected chi connectivity index (χ0v) is 23.4. The number of para-hydroxylation sites is 1. The van der Waals surface area contributed by atoms with Gasteiger partial charge >= 0.3 is 0 Å². The predicted molar refractivity (Wildman–Crippen MR) is 149 cm³/mol. The topological polar surface area (TPSA) is 76.1 Å². The van der Waals surface area contributed by atoms with Crippen molar-refractivity contribution in [2.24, 2.45) is 17.8 Å². The van der Waals surface area contributed by atoms with Gasteiger partial charge in [0.1, 0.15) is 18.1 Å². The first-order valence-electron chi connectivity index (χ1n) is 13.4. The smallest absolute Gasteiger partial charge is 0.233 e. The number of hydrogen-bond acceptors (Lipinski definition) is 5. The Labute approximate surface area is 232 Å². The van der Waals surface area contributed by atoms with Crippen LogP contribution in [0.3, 0.4) is 0 Å². The van der Waals surface area contributed by atoms with Crippen LogP contribution in [0, 0.1) is 17.8 Å². The van der Waals surface area contributed by atoms with Gasteiger partial charge < -0.3 is 14.6 Å². The highest BCUT2D eigenvalue weighted by atomic mass is 79.9. The van der Waals surface area contributed by atoms with Crippen molar-refractivity contribution in [3.8, 4) is 11.5 Å². The maximum absolute atomic E-state index is 13.4. The van der Waals surface area contributed by atoms with E-state index in [0.717, 1.165) is 51.8 Å². The maximum atomic E-state index is 13.4. The standard InChI is InChI=1S/C31H34BrNO5/c1-3-13-33-30(35)24-16-21(17-37-23-7-5-4-6-8-23)28-25(29(24)31(33)36)18-38-27(28)12-9-19(2)14-20-15-22(32)10-11-26(20)34/h4-8,10-11,14-15,24-25,27,29,34H,3,9,12-13,16-18H2,1-2H3/b19-14+/t24-,25+,27-,29-/m1/s1. The quantitative estimate of drug-likeness (QED) is 0.285. The molecule has 0 aromatic heterocycles. The van der Waals surface area contributed by atoms with E-state index in [1.807, 2.05) is 55.5 Å². The Bertz CT molecular complexity index is 1270. The number of phenolic OH excluding ortho intramolecular Hbond substituents is 1. The molecule has 4 atom stereocenters. The van der Waals surface area contributed by atoms with Gasteiger partial charge in [0, 0.05) is 22.5 Å². The molecule has 38 heavy (non-hydrogen) atoms. The van der Waals surface area contributed by atoms with E-state index in [2.05, 4.69) is 22.9 Å². The van der Waals surface area contributed by atoms with Crippen LogP contribution in [0.4, 0.5) is 0 Å². The van der Waals surface area contributed by atoms with Gasteiger partial charge in [-0.1, -0.05) is 52.7 Å². The molecule has 0 bridgehead atoms. The highest BCUT2D eigenvalue weighted by Gasteiger charge is 2.56. The minimum absolute atomic E-state index is 0.0437. The number of ether oxygens (including phenoxy) is 2. The van der Waals surface area contributed by atoms with E-state index in [1.54, 1.807) is 6.07 Å². The van der Waals surface area contributed by atoms with E-state index in [-0.39, 0.29) is 41.4 Å². The molecule has 1 aliphatic carbocycles. The van der Waals surface area contributed by atoms with Gasteiger partial charge in [-0.05, 0) is 74.1 Å². The fraction of sp³-hybridized carbons (Fsp3) is 0.419. The van der Waals surface area contributed by atoms with Crippen LogP contribution in [0.2, 0.25) is 0 Å². The third-order valence-corrected chi connectivity index (χ3v) is 8.39. The lowest BCUT2D eigenvalue weighted by atomic mass is 9.69. The molecular formula is C31H34BrNO5. The van der Waals surface area contributed by atoms with Crippen LogP contribution in [-0.2, 0) is 14.3 Å². The summed E-state index contributed by atoms with van der Waals surface area (Å²) in [5.74, 6) is 0.165. The monoisotopic (exact) mass is 579 g/mol. The third kappa shape index (κ3) is 5.32. The molecule has 2 aliphatic heterocycles. The minimum Gasteiger partial charge on any atom is -0.507 e. The number of nitrogens with zero attached hydrogens (tertiary/aromatic N) is 1. The summed E-state index contributed by atoms with van der Waals surface area (Å²) in [6.45, 7) is 5.35. The van der Waals surface area contributed by atoms with Gasteiger partial charge in [0.05, 0.1) is 24.5 Å². The summed E-state index contributed by atoms with van der Waals surface area (Å²) < 4.78 is 13.4. The van der Waals surface area contributed by atoms with E-state index in [1.165, 1.54) is 4.90 Å². The molecule has 7 heteroatoms. The van der Waals surface area contributed by atoms with Crippen molar-refractivity contribution in [3.05, 3.63) is 75.3 Å². The zero-order chi connectivity index (χ0) is 26.8. The minimum atomic E-state index is -0.343. The molecule has 5 rings (SSSR count). The van der Waals surface area contributed by atoms with Crippen molar-refractivity contribution < 1.29 is 24.2 Å². The fourth-order valence-corrected chi connectivity index (χ4v) is 6.52. The molecule has 2 saturated heterocycles. The van der Waals surface area contributed by atoms with Crippen molar-refractivity contribution in [1.29, 1.82) is 0 Å². The molecule has 2 aromatic rings. The SMILES string of the molecule is CCCN1C(=O)[C@@H]2[C@@H](CC(COc3ccccc3)=C3[C@@H](CC/C(C)=C/c4cc(Br)ccc4O)OC[C@@H]32)C1=O. The van der Waals surface area contributed by atoms with Crippen molar-refractivity contribution in [2.75, 3.05) is 19.8 Å². The van der Waals surface area contributed by atoms with E-state index in [0.29, 0.717) is 26.2 Å². The van der Waals surface area contributed by atoms with Crippen molar-refractivity contribution in [2.45, 2.75) is 45.6 Å². The van der Waals surface area contributed by atoms with Crippen molar-refractivity contribution in [1.82, 2.24) is 4.90 Å². The average molecular weight is 581 g/mol. The third-order valence-electron chi connectivity index (χ3n) is 7.90. The van der Waals surface area contributed by atoms with Crippen LogP contribution in [-0.4, -0.2) is 47.7 Å². The van der Waals surface area contributed by atoms with Crippen LogP contribution in [0.25, 0.3) is 6.08 Å². The summed E-state index contributed by atoms with van der Waals surface area (Å²) >= 11 is 3.47. The van der Waals surface area contributed by atoms with E-state index >= 15 is 0 Å². The second-order valence-corrected chi connectivity index (χ2v) is 11.4. The highest BCUT2D eigenvalue weighted by Crippen LogP contribution is 2.50. The number of carbonyl (C=O) groups excluding carboxylic acids is 2. The molecule has 0 unspecified atom stereocenters. The van der Waals surface area contributed by atoms with E-state index in [4.69, 9.17) is 9.47 Å². The molecule has 0 radical (unpaired) electrons. The maximum Gasteiger partial charge on any atom is 0.233 e. The number of allylic oxidation sites excluding steroid dienone is 1. The van der Waals surface area contributed by atoms with E-state index < -0.39 is 0 Å². The Morgan fingerprint density at radius 2 is 1.95 bits per heavy atom. The summed E-state index contributed by atoms with van der Waals surface area (Å²) in [5, 5.41) is 10.2. The number of imide groups is 1. The van der Waals surface area contributed by atoms with Gasteiger partial charge in [-0.25, -0.2) is 0 Å². The van der Waals surface area contributed by atoms with Gasteiger partial charge in [-0.15, -0.1) is 0 Å². The van der Waals surface area contributed by atoms with Crippen LogP contribution in [0.5, 0.6) is 11.5 Å². The second-order valence-electron chi connectivity index (χ2n) is 10.5. The normalized spacial score (nSPS) is 25.1. The Morgan fingerprint density at radius 1 is 1.16 bits per heavy atom. The van der Waals surface area contributed by atoms with Gasteiger partial charge in [0.25, 0.3) is 0 Å². The zero-order valence-electron chi connectivity index (χ0n) is 21.9. The first kappa shape index (κ1) is 26.7.